The Bertz CT molecular complexity index is 765. The van der Waals surface area contributed by atoms with E-state index < -0.39 is 5.82 Å². The van der Waals surface area contributed by atoms with Gasteiger partial charge in [-0.05, 0) is 42.3 Å². The zero-order chi connectivity index (χ0) is 14.8. The van der Waals surface area contributed by atoms with Gasteiger partial charge in [0.05, 0.1) is 5.69 Å². The number of rotatable bonds is 2. The van der Waals surface area contributed by atoms with E-state index in [1.54, 1.807) is 12.1 Å². The normalized spacial score (nSPS) is 12.2. The fourth-order valence-corrected chi connectivity index (χ4v) is 2.38. The molecule has 2 N–H and O–H groups in total. The quantitative estimate of drug-likeness (QED) is 0.889. The molecule has 3 rings (SSSR count). The lowest BCUT2D eigenvalue weighted by atomic mass is 10.1. The number of hydrogen-bond acceptors (Lipinski definition) is 3. The van der Waals surface area contributed by atoms with Crippen LogP contribution in [0.25, 0.3) is 0 Å². The lowest BCUT2D eigenvalue weighted by molar-refractivity contribution is 0.102. The molecule has 0 unspecified atom stereocenters. The van der Waals surface area contributed by atoms with Crippen LogP contribution in [-0.4, -0.2) is 12.5 Å². The van der Waals surface area contributed by atoms with Gasteiger partial charge >= 0.3 is 0 Å². The molecule has 2 aromatic carbocycles. The van der Waals surface area contributed by atoms with Crippen molar-refractivity contribution in [2.45, 2.75) is 6.42 Å². The summed E-state index contributed by atoms with van der Waals surface area (Å²) < 4.78 is 13.5. The molecule has 0 fully saturated rings. The van der Waals surface area contributed by atoms with Gasteiger partial charge in [-0.1, -0.05) is 6.07 Å². The van der Waals surface area contributed by atoms with Gasteiger partial charge in [-0.25, -0.2) is 4.39 Å². The lowest BCUT2D eigenvalue weighted by Gasteiger charge is -2.08. The molecule has 0 radical (unpaired) electrons. The third-order valence-electron chi connectivity index (χ3n) is 3.45. The molecule has 21 heavy (non-hydrogen) atoms. The van der Waals surface area contributed by atoms with Gasteiger partial charge in [-0.2, -0.15) is 5.26 Å². The summed E-state index contributed by atoms with van der Waals surface area (Å²) in [5, 5.41) is 14.8. The number of fused-ring (bicyclic) bond motifs is 1. The molecule has 104 valence electrons. The number of carbonyl (C=O) groups is 1. The molecule has 0 bridgehead atoms. The summed E-state index contributed by atoms with van der Waals surface area (Å²) >= 11 is 0. The first-order chi connectivity index (χ1) is 10.2. The van der Waals surface area contributed by atoms with E-state index in [1.165, 1.54) is 18.2 Å². The summed E-state index contributed by atoms with van der Waals surface area (Å²) in [7, 11) is 0. The summed E-state index contributed by atoms with van der Waals surface area (Å²) in [6, 6.07) is 11.3. The van der Waals surface area contributed by atoms with Crippen molar-refractivity contribution in [1.29, 1.82) is 5.26 Å². The van der Waals surface area contributed by atoms with Gasteiger partial charge in [-0.3, -0.25) is 4.79 Å². The van der Waals surface area contributed by atoms with Crippen molar-refractivity contribution >= 4 is 17.3 Å². The first kappa shape index (κ1) is 13.1. The van der Waals surface area contributed by atoms with E-state index in [2.05, 4.69) is 10.6 Å². The van der Waals surface area contributed by atoms with Gasteiger partial charge in [0.15, 0.2) is 0 Å². The topological polar surface area (TPSA) is 64.9 Å². The van der Waals surface area contributed by atoms with Crippen LogP contribution in [0.3, 0.4) is 0 Å². The van der Waals surface area contributed by atoms with E-state index >= 15 is 0 Å². The van der Waals surface area contributed by atoms with Crippen molar-refractivity contribution in [2.24, 2.45) is 0 Å². The molecule has 5 heteroatoms. The van der Waals surface area contributed by atoms with Gasteiger partial charge < -0.3 is 10.6 Å². The van der Waals surface area contributed by atoms with Gasteiger partial charge in [-0.15, -0.1) is 0 Å². The Morgan fingerprint density at radius 1 is 1.33 bits per heavy atom. The largest absolute Gasteiger partial charge is 0.384 e. The number of anilines is 2. The molecule has 0 atom stereocenters. The van der Waals surface area contributed by atoms with Gasteiger partial charge in [0.25, 0.3) is 5.91 Å². The Balaban J connectivity index is 1.87. The number of amides is 1. The highest BCUT2D eigenvalue weighted by Crippen LogP contribution is 2.24. The first-order valence-corrected chi connectivity index (χ1v) is 6.56. The fraction of sp³-hybridized carbons (Fsp3) is 0.125. The maximum Gasteiger partial charge on any atom is 0.255 e. The SMILES string of the molecule is N#Cc1c(F)cccc1NC(=O)c1ccc2c(c1)CCN2. The average Bonchev–Trinajstić information content (AvgIpc) is 2.94. The molecule has 1 aliphatic rings. The Morgan fingerprint density at radius 3 is 3.00 bits per heavy atom. The second-order valence-electron chi connectivity index (χ2n) is 4.78. The average molecular weight is 281 g/mol. The van der Waals surface area contributed by atoms with E-state index in [4.69, 9.17) is 5.26 Å². The third-order valence-corrected chi connectivity index (χ3v) is 3.45. The summed E-state index contributed by atoms with van der Waals surface area (Å²) in [6.07, 6.45) is 0.875. The van der Waals surface area contributed by atoms with E-state index in [0.717, 1.165) is 24.2 Å². The Labute approximate surface area is 121 Å². The molecule has 0 saturated carbocycles. The molecular weight excluding hydrogens is 269 g/mol. The summed E-state index contributed by atoms with van der Waals surface area (Å²) in [5.74, 6) is -1.000. The van der Waals surface area contributed by atoms with Crippen molar-refractivity contribution in [1.82, 2.24) is 0 Å². The first-order valence-electron chi connectivity index (χ1n) is 6.56. The summed E-state index contributed by atoms with van der Waals surface area (Å²) in [4.78, 5) is 12.2. The van der Waals surface area contributed by atoms with Crippen molar-refractivity contribution in [2.75, 3.05) is 17.2 Å². The van der Waals surface area contributed by atoms with Crippen LogP contribution in [0.4, 0.5) is 15.8 Å². The summed E-state index contributed by atoms with van der Waals surface area (Å²) in [5.41, 5.74) is 2.64. The van der Waals surface area contributed by atoms with Gasteiger partial charge in [0.1, 0.15) is 17.4 Å². The molecule has 4 nitrogen and oxygen atoms in total. The lowest BCUT2D eigenvalue weighted by Crippen LogP contribution is -2.13. The highest BCUT2D eigenvalue weighted by molar-refractivity contribution is 6.05. The number of hydrogen-bond donors (Lipinski definition) is 2. The van der Waals surface area contributed by atoms with E-state index in [0.29, 0.717) is 5.56 Å². The van der Waals surface area contributed by atoms with Crippen LogP contribution in [0.5, 0.6) is 0 Å². The van der Waals surface area contributed by atoms with E-state index in [1.807, 2.05) is 12.1 Å². The fourth-order valence-electron chi connectivity index (χ4n) is 2.38. The minimum absolute atomic E-state index is 0.159. The van der Waals surface area contributed by atoms with Crippen molar-refractivity contribution in [3.63, 3.8) is 0 Å². The number of halogens is 1. The Hall–Kier alpha value is -2.87. The highest BCUT2D eigenvalue weighted by atomic mass is 19.1. The maximum absolute atomic E-state index is 13.5. The molecular formula is C16H12FN3O. The number of nitriles is 1. The minimum atomic E-state index is -0.645. The smallest absolute Gasteiger partial charge is 0.255 e. The second-order valence-corrected chi connectivity index (χ2v) is 4.78. The second kappa shape index (κ2) is 5.25. The molecule has 0 aromatic heterocycles. The molecule has 2 aromatic rings. The monoisotopic (exact) mass is 281 g/mol. The van der Waals surface area contributed by atoms with Crippen LogP contribution in [-0.2, 0) is 6.42 Å². The van der Waals surface area contributed by atoms with Crippen LogP contribution in [0, 0.1) is 17.1 Å². The van der Waals surface area contributed by atoms with Gasteiger partial charge in [0.2, 0.25) is 0 Å². The van der Waals surface area contributed by atoms with Crippen LogP contribution < -0.4 is 10.6 Å². The standard InChI is InChI=1S/C16H12FN3O/c17-13-2-1-3-15(12(13)9-18)20-16(21)11-4-5-14-10(8-11)6-7-19-14/h1-5,8,19H,6-7H2,(H,20,21). The maximum atomic E-state index is 13.5. The van der Waals surface area contributed by atoms with Crippen molar-refractivity contribution in [3.8, 4) is 6.07 Å². The van der Waals surface area contributed by atoms with Crippen molar-refractivity contribution < 1.29 is 9.18 Å². The van der Waals surface area contributed by atoms with Crippen molar-refractivity contribution in [3.05, 3.63) is 58.9 Å². The minimum Gasteiger partial charge on any atom is -0.384 e. The predicted octanol–water partition coefficient (Wildman–Crippen LogP) is 2.92. The molecule has 0 aliphatic carbocycles. The van der Waals surface area contributed by atoms with Crippen LogP contribution in [0.15, 0.2) is 36.4 Å². The third kappa shape index (κ3) is 2.43. The van der Waals surface area contributed by atoms with Crippen LogP contribution >= 0.6 is 0 Å². The van der Waals surface area contributed by atoms with Gasteiger partial charge in [0, 0.05) is 17.8 Å². The van der Waals surface area contributed by atoms with Crippen LogP contribution in [0.1, 0.15) is 21.5 Å². The molecule has 1 heterocycles. The summed E-state index contributed by atoms with van der Waals surface area (Å²) in [6.45, 7) is 0.864. The Kier molecular flexibility index (Phi) is 3.28. The molecule has 1 amide bonds. The molecule has 0 spiro atoms. The predicted molar refractivity (Wildman–Crippen MR) is 77.7 cm³/mol. The van der Waals surface area contributed by atoms with E-state index in [9.17, 15) is 9.18 Å². The zero-order valence-electron chi connectivity index (χ0n) is 11.1. The molecule has 1 aliphatic heterocycles. The Morgan fingerprint density at radius 2 is 2.19 bits per heavy atom. The number of nitrogens with one attached hydrogen (secondary N) is 2. The van der Waals surface area contributed by atoms with E-state index in [-0.39, 0.29) is 17.2 Å². The number of carbonyl (C=O) groups excluding carboxylic acids is 1. The number of nitrogens with zero attached hydrogens (tertiary/aromatic N) is 1. The number of benzene rings is 2. The highest BCUT2D eigenvalue weighted by Gasteiger charge is 2.15. The zero-order valence-corrected chi connectivity index (χ0v) is 11.1. The molecule has 0 saturated heterocycles. The van der Waals surface area contributed by atoms with Crippen LogP contribution in [0.2, 0.25) is 0 Å².